The van der Waals surface area contributed by atoms with Crippen LogP contribution in [0.5, 0.6) is 0 Å². The number of hydrogen-bond donors (Lipinski definition) is 2. The van der Waals surface area contributed by atoms with Gasteiger partial charge in [0, 0.05) is 12.6 Å². The first-order valence-electron chi connectivity index (χ1n) is 5.92. The summed E-state index contributed by atoms with van der Waals surface area (Å²) in [5.41, 5.74) is -0.110. The molecule has 1 fully saturated rings. The molecule has 0 spiro atoms. The molecule has 0 aliphatic carbocycles. The zero-order chi connectivity index (χ0) is 13.1. The third-order valence-electron chi connectivity index (χ3n) is 3.24. The van der Waals surface area contributed by atoms with Crippen molar-refractivity contribution in [3.8, 4) is 0 Å². The van der Waals surface area contributed by atoms with Gasteiger partial charge in [-0.2, -0.15) is 0 Å². The molecule has 1 aromatic heterocycles. The van der Waals surface area contributed by atoms with Gasteiger partial charge in [-0.05, 0) is 38.6 Å². The van der Waals surface area contributed by atoms with Crippen molar-refractivity contribution in [1.29, 1.82) is 0 Å². The number of pyridine rings is 1. The fourth-order valence-electron chi connectivity index (χ4n) is 2.15. The second kappa shape index (κ2) is 5.54. The fourth-order valence-corrected chi connectivity index (χ4v) is 2.34. The number of rotatable bonds is 4. The summed E-state index contributed by atoms with van der Waals surface area (Å²) < 4.78 is 0. The Morgan fingerprint density at radius 3 is 3.06 bits per heavy atom. The van der Waals surface area contributed by atoms with E-state index in [0.29, 0.717) is 11.9 Å². The number of carboxylic acid groups (broad SMARTS) is 1. The van der Waals surface area contributed by atoms with Crippen LogP contribution in [0.4, 0.5) is 5.82 Å². The number of hydrogen-bond acceptors (Lipinski definition) is 4. The molecule has 1 atom stereocenters. The minimum Gasteiger partial charge on any atom is -0.476 e. The van der Waals surface area contributed by atoms with Crippen molar-refractivity contribution < 1.29 is 9.90 Å². The van der Waals surface area contributed by atoms with Crippen molar-refractivity contribution in [3.05, 3.63) is 22.8 Å². The summed E-state index contributed by atoms with van der Waals surface area (Å²) in [7, 11) is 2.09. The maximum atomic E-state index is 10.9. The highest BCUT2D eigenvalue weighted by Gasteiger charge is 2.20. The van der Waals surface area contributed by atoms with Gasteiger partial charge in [-0.3, -0.25) is 0 Å². The van der Waals surface area contributed by atoms with Crippen LogP contribution in [-0.4, -0.2) is 47.1 Å². The molecule has 5 nitrogen and oxygen atoms in total. The second-order valence-electron chi connectivity index (χ2n) is 4.49. The number of aromatic nitrogens is 1. The van der Waals surface area contributed by atoms with Crippen molar-refractivity contribution in [1.82, 2.24) is 9.88 Å². The lowest BCUT2D eigenvalue weighted by Crippen LogP contribution is -2.31. The number of carbonyl (C=O) groups is 1. The van der Waals surface area contributed by atoms with Gasteiger partial charge in [0.15, 0.2) is 5.69 Å². The van der Waals surface area contributed by atoms with Crippen LogP contribution in [-0.2, 0) is 0 Å². The van der Waals surface area contributed by atoms with E-state index in [1.807, 2.05) is 0 Å². The van der Waals surface area contributed by atoms with Gasteiger partial charge >= 0.3 is 5.97 Å². The zero-order valence-electron chi connectivity index (χ0n) is 10.2. The molecule has 2 rings (SSSR count). The van der Waals surface area contributed by atoms with Crippen LogP contribution in [0.25, 0.3) is 0 Å². The lowest BCUT2D eigenvalue weighted by molar-refractivity contribution is 0.0691. The largest absolute Gasteiger partial charge is 0.476 e. The number of likely N-dealkylation sites (tertiary alicyclic amines) is 1. The van der Waals surface area contributed by atoms with Crippen LogP contribution in [0.1, 0.15) is 23.3 Å². The van der Waals surface area contributed by atoms with Gasteiger partial charge in [-0.15, -0.1) is 0 Å². The first-order chi connectivity index (χ1) is 8.58. The summed E-state index contributed by atoms with van der Waals surface area (Å²) in [6, 6.07) is 3.73. The monoisotopic (exact) mass is 269 g/mol. The average molecular weight is 270 g/mol. The minimum absolute atomic E-state index is 0.110. The summed E-state index contributed by atoms with van der Waals surface area (Å²) in [6.45, 7) is 1.88. The molecule has 1 aliphatic rings. The molecule has 2 N–H and O–H groups in total. The molecule has 1 unspecified atom stereocenters. The molecule has 0 bridgehead atoms. The summed E-state index contributed by atoms with van der Waals surface area (Å²) in [4.78, 5) is 17.2. The van der Waals surface area contributed by atoms with Gasteiger partial charge in [0.2, 0.25) is 0 Å². The van der Waals surface area contributed by atoms with E-state index in [0.717, 1.165) is 19.5 Å². The van der Waals surface area contributed by atoms with Gasteiger partial charge < -0.3 is 15.3 Å². The number of carboxylic acids is 1. The summed E-state index contributed by atoms with van der Waals surface area (Å²) >= 11 is 5.76. The van der Waals surface area contributed by atoms with Crippen LogP contribution < -0.4 is 5.32 Å². The first-order valence-corrected chi connectivity index (χ1v) is 6.29. The molecule has 0 amide bonds. The number of halogens is 1. The normalized spacial score (nSPS) is 20.0. The molecule has 98 valence electrons. The van der Waals surface area contributed by atoms with E-state index in [-0.39, 0.29) is 10.7 Å². The van der Waals surface area contributed by atoms with Gasteiger partial charge in [0.05, 0.1) is 5.02 Å². The number of anilines is 1. The van der Waals surface area contributed by atoms with E-state index in [1.165, 1.54) is 6.42 Å². The standard InChI is InChI=1S/C12H16ClN3O2/c1-16-6-2-3-8(16)7-14-10-5-4-9(13)11(15-10)12(17)18/h4-5,8H,2-3,6-7H2,1H3,(H,14,15)(H,17,18). The van der Waals surface area contributed by atoms with Crippen molar-refractivity contribution in [2.75, 3.05) is 25.5 Å². The maximum absolute atomic E-state index is 10.9. The van der Waals surface area contributed by atoms with Crippen LogP contribution in [0, 0.1) is 0 Å². The molecule has 0 saturated carbocycles. The average Bonchev–Trinajstić information content (AvgIpc) is 2.73. The van der Waals surface area contributed by atoms with Crippen molar-refractivity contribution in [2.45, 2.75) is 18.9 Å². The molecule has 0 radical (unpaired) electrons. The molecule has 0 aromatic carbocycles. The van der Waals surface area contributed by atoms with Gasteiger partial charge in [0.1, 0.15) is 5.82 Å². The van der Waals surface area contributed by atoms with E-state index in [1.54, 1.807) is 12.1 Å². The lowest BCUT2D eigenvalue weighted by atomic mass is 10.2. The smallest absolute Gasteiger partial charge is 0.356 e. The topological polar surface area (TPSA) is 65.5 Å². The van der Waals surface area contributed by atoms with Crippen LogP contribution in [0.3, 0.4) is 0 Å². The SMILES string of the molecule is CN1CCCC1CNc1ccc(Cl)c(C(=O)O)n1. The number of nitrogens with zero attached hydrogens (tertiary/aromatic N) is 2. The Balaban J connectivity index is 2.01. The van der Waals surface area contributed by atoms with Crippen molar-refractivity contribution >= 4 is 23.4 Å². The summed E-state index contributed by atoms with van der Waals surface area (Å²) in [6.07, 6.45) is 2.36. The quantitative estimate of drug-likeness (QED) is 0.874. The van der Waals surface area contributed by atoms with Gasteiger partial charge in [-0.25, -0.2) is 9.78 Å². The van der Waals surface area contributed by atoms with Crippen molar-refractivity contribution in [3.63, 3.8) is 0 Å². The van der Waals surface area contributed by atoms with Gasteiger partial charge in [-0.1, -0.05) is 11.6 Å². The molecule has 1 saturated heterocycles. The third kappa shape index (κ3) is 2.91. The van der Waals surface area contributed by atoms with E-state index in [4.69, 9.17) is 16.7 Å². The Bertz CT molecular complexity index is 453. The molecular formula is C12H16ClN3O2. The van der Waals surface area contributed by atoms with E-state index in [2.05, 4.69) is 22.2 Å². The molecule has 6 heteroatoms. The predicted octanol–water partition coefficient (Wildman–Crippen LogP) is 1.94. The molecule has 2 heterocycles. The molecular weight excluding hydrogens is 254 g/mol. The lowest BCUT2D eigenvalue weighted by Gasteiger charge is -2.20. The molecule has 18 heavy (non-hydrogen) atoms. The van der Waals surface area contributed by atoms with E-state index in [9.17, 15) is 4.79 Å². The predicted molar refractivity (Wildman–Crippen MR) is 70.3 cm³/mol. The zero-order valence-corrected chi connectivity index (χ0v) is 10.9. The fraction of sp³-hybridized carbons (Fsp3) is 0.500. The Morgan fingerprint density at radius 1 is 1.67 bits per heavy atom. The first kappa shape index (κ1) is 13.1. The van der Waals surface area contributed by atoms with Crippen LogP contribution >= 0.6 is 11.6 Å². The van der Waals surface area contributed by atoms with Crippen molar-refractivity contribution in [2.24, 2.45) is 0 Å². The summed E-state index contributed by atoms with van der Waals surface area (Å²) in [5.74, 6) is -0.557. The maximum Gasteiger partial charge on any atom is 0.356 e. The third-order valence-corrected chi connectivity index (χ3v) is 3.54. The van der Waals surface area contributed by atoms with Crippen LogP contribution in [0.2, 0.25) is 5.02 Å². The number of likely N-dealkylation sites (N-methyl/N-ethyl adjacent to an activating group) is 1. The van der Waals surface area contributed by atoms with E-state index >= 15 is 0 Å². The minimum atomic E-state index is -1.11. The highest BCUT2D eigenvalue weighted by molar-refractivity contribution is 6.33. The Kier molecular flexibility index (Phi) is 4.04. The number of nitrogens with one attached hydrogen (secondary N) is 1. The Morgan fingerprint density at radius 2 is 2.44 bits per heavy atom. The highest BCUT2D eigenvalue weighted by atomic mass is 35.5. The van der Waals surface area contributed by atoms with Gasteiger partial charge in [0.25, 0.3) is 0 Å². The molecule has 1 aromatic rings. The Hall–Kier alpha value is -1.33. The summed E-state index contributed by atoms with van der Waals surface area (Å²) in [5, 5.41) is 12.3. The molecule has 1 aliphatic heterocycles. The highest BCUT2D eigenvalue weighted by Crippen LogP contribution is 2.18. The second-order valence-corrected chi connectivity index (χ2v) is 4.90. The Labute approximate surface area is 111 Å². The van der Waals surface area contributed by atoms with E-state index < -0.39 is 5.97 Å². The van der Waals surface area contributed by atoms with Crippen LogP contribution in [0.15, 0.2) is 12.1 Å². The number of aromatic carboxylic acids is 1.